The van der Waals surface area contributed by atoms with Crippen molar-refractivity contribution in [2.45, 2.75) is 0 Å². The van der Waals surface area contributed by atoms with Gasteiger partial charge in [-0.15, -0.1) is 0 Å². The number of nitrogens with zero attached hydrogens (tertiary/aromatic N) is 1. The lowest BCUT2D eigenvalue weighted by molar-refractivity contribution is -0.110. The summed E-state index contributed by atoms with van der Waals surface area (Å²) in [5, 5.41) is 5.41. The number of carbonyl (C=O) groups excluding carboxylic acids is 2. The molecule has 0 bridgehead atoms. The van der Waals surface area contributed by atoms with Crippen LogP contribution in [0.2, 0.25) is 0 Å². The second kappa shape index (κ2) is 3.97. The number of amidine groups is 1. The highest BCUT2D eigenvalue weighted by Gasteiger charge is 2.35. The third kappa shape index (κ3) is 1.67. The number of rotatable bonds is 2. The van der Waals surface area contributed by atoms with Crippen LogP contribution in [0.5, 0.6) is 0 Å². The molecule has 0 radical (unpaired) electrons. The summed E-state index contributed by atoms with van der Waals surface area (Å²) >= 11 is 1.06. The van der Waals surface area contributed by atoms with Crippen LogP contribution in [-0.4, -0.2) is 27.8 Å². The Morgan fingerprint density at radius 1 is 1.25 bits per heavy atom. The molecule has 1 aromatic carbocycles. The third-order valence-corrected chi connectivity index (χ3v) is 2.96. The van der Waals surface area contributed by atoms with Crippen LogP contribution < -0.4 is 11.1 Å². The van der Waals surface area contributed by atoms with Crippen molar-refractivity contribution >= 4 is 28.7 Å². The molecule has 0 atom stereocenters. The van der Waals surface area contributed by atoms with Crippen LogP contribution in [0.15, 0.2) is 24.3 Å². The lowest BCUT2D eigenvalue weighted by Crippen LogP contribution is -2.44. The number of amides is 2. The van der Waals surface area contributed by atoms with Gasteiger partial charge in [0.1, 0.15) is 0 Å². The van der Waals surface area contributed by atoms with Crippen molar-refractivity contribution < 1.29 is 15.0 Å². The molecule has 4 N–H and O–H groups in total. The van der Waals surface area contributed by atoms with Crippen molar-refractivity contribution in [2.24, 2.45) is 5.73 Å². The highest BCUT2D eigenvalue weighted by molar-refractivity contribution is 8.13. The standard InChI is InChI=1S/C10H9N3O2S/c11-10(12)16-5-13-8(14)6-3-1-2-4-7(6)9(13)15/h1-4H,5H2,(H3,11,12)/p+1. The van der Waals surface area contributed by atoms with E-state index in [9.17, 15) is 9.59 Å². The quantitative estimate of drug-likeness (QED) is 0.393. The molecule has 5 nitrogen and oxygen atoms in total. The minimum absolute atomic E-state index is 0.136. The second-order valence-electron chi connectivity index (χ2n) is 3.26. The topological polar surface area (TPSA) is 89.0 Å². The fourth-order valence-electron chi connectivity index (χ4n) is 1.50. The van der Waals surface area contributed by atoms with Crippen LogP contribution in [-0.2, 0) is 0 Å². The molecule has 0 aromatic heterocycles. The first kappa shape index (κ1) is 10.7. The summed E-state index contributed by atoms with van der Waals surface area (Å²) in [7, 11) is 0. The summed E-state index contributed by atoms with van der Waals surface area (Å²) in [6.45, 7) is 0. The predicted molar refractivity (Wildman–Crippen MR) is 60.5 cm³/mol. The Labute approximate surface area is 96.1 Å². The van der Waals surface area contributed by atoms with Crippen molar-refractivity contribution in [1.82, 2.24) is 4.90 Å². The van der Waals surface area contributed by atoms with Crippen molar-refractivity contribution in [3.63, 3.8) is 0 Å². The molecule has 6 heteroatoms. The van der Waals surface area contributed by atoms with Crippen LogP contribution in [0.4, 0.5) is 0 Å². The highest BCUT2D eigenvalue weighted by Crippen LogP contribution is 2.23. The fourth-order valence-corrected chi connectivity index (χ4v) is 2.01. The molecule has 0 fully saturated rings. The summed E-state index contributed by atoms with van der Waals surface area (Å²) in [6.07, 6.45) is 0. The molecule has 0 unspecified atom stereocenters. The molecule has 0 aliphatic carbocycles. The van der Waals surface area contributed by atoms with E-state index in [-0.39, 0.29) is 22.9 Å². The Bertz CT molecular complexity index is 452. The van der Waals surface area contributed by atoms with Gasteiger partial charge >= 0.3 is 5.17 Å². The van der Waals surface area contributed by atoms with Crippen molar-refractivity contribution in [3.8, 4) is 0 Å². The molecule has 0 saturated heterocycles. The van der Waals surface area contributed by atoms with E-state index in [2.05, 4.69) is 0 Å². The summed E-state index contributed by atoms with van der Waals surface area (Å²) < 4.78 is 0. The van der Waals surface area contributed by atoms with Crippen LogP contribution >= 0.6 is 11.8 Å². The Morgan fingerprint density at radius 2 is 1.75 bits per heavy atom. The molecule has 2 rings (SSSR count). The van der Waals surface area contributed by atoms with E-state index >= 15 is 0 Å². The number of benzene rings is 1. The zero-order valence-corrected chi connectivity index (χ0v) is 9.16. The van der Waals surface area contributed by atoms with Gasteiger partial charge in [-0.1, -0.05) is 12.1 Å². The van der Waals surface area contributed by atoms with E-state index in [1.807, 2.05) is 0 Å². The largest absolute Gasteiger partial charge is 0.301 e. The number of nitrogens with two attached hydrogens (primary N) is 2. The van der Waals surface area contributed by atoms with E-state index in [1.54, 1.807) is 24.3 Å². The van der Waals surface area contributed by atoms with Gasteiger partial charge in [-0.25, -0.2) is 0 Å². The van der Waals surface area contributed by atoms with Gasteiger partial charge in [0.15, 0.2) is 0 Å². The first-order chi connectivity index (χ1) is 7.61. The molecule has 1 aromatic rings. The summed E-state index contributed by atoms with van der Waals surface area (Å²) in [6, 6.07) is 6.72. The number of hydrogen-bond acceptors (Lipinski definition) is 3. The summed E-state index contributed by atoms with van der Waals surface area (Å²) in [5.74, 6) is -0.446. The Balaban J connectivity index is 2.25. The van der Waals surface area contributed by atoms with Gasteiger partial charge in [-0.3, -0.25) is 25.6 Å². The minimum Gasteiger partial charge on any atom is -0.282 e. The SMILES string of the molecule is NC(=[NH2+])SCN1C(=O)c2ccccc2C1=O. The van der Waals surface area contributed by atoms with E-state index in [1.165, 1.54) is 0 Å². The lowest BCUT2D eigenvalue weighted by Gasteiger charge is -2.10. The van der Waals surface area contributed by atoms with Gasteiger partial charge in [0.2, 0.25) is 0 Å². The first-order valence-electron chi connectivity index (χ1n) is 4.57. The zero-order chi connectivity index (χ0) is 11.7. The van der Waals surface area contributed by atoms with E-state index < -0.39 is 0 Å². The van der Waals surface area contributed by atoms with Gasteiger partial charge in [-0.05, 0) is 23.9 Å². The van der Waals surface area contributed by atoms with Gasteiger partial charge in [0.25, 0.3) is 11.8 Å². The maximum Gasteiger partial charge on any atom is 0.301 e. The van der Waals surface area contributed by atoms with Gasteiger partial charge in [0, 0.05) is 0 Å². The Kier molecular flexibility index (Phi) is 2.66. The first-order valence-corrected chi connectivity index (χ1v) is 5.55. The smallest absolute Gasteiger partial charge is 0.282 e. The average molecular weight is 236 g/mol. The molecular formula is C10H10N3O2S+. The molecule has 1 aliphatic rings. The Hall–Kier alpha value is -1.82. The fraction of sp³-hybridized carbons (Fsp3) is 0.100. The van der Waals surface area contributed by atoms with Crippen molar-refractivity contribution in [3.05, 3.63) is 35.4 Å². The van der Waals surface area contributed by atoms with Gasteiger partial charge in [0.05, 0.1) is 17.0 Å². The molecule has 16 heavy (non-hydrogen) atoms. The summed E-state index contributed by atoms with van der Waals surface area (Å²) in [5.41, 5.74) is 6.14. The van der Waals surface area contributed by atoms with Crippen LogP contribution in [0.3, 0.4) is 0 Å². The number of fused-ring (bicyclic) bond motifs is 1. The van der Waals surface area contributed by atoms with Crippen LogP contribution in [0.1, 0.15) is 20.7 Å². The molecule has 1 aliphatic heterocycles. The number of thioether (sulfide) groups is 1. The van der Waals surface area contributed by atoms with Gasteiger partial charge in [-0.2, -0.15) is 0 Å². The lowest BCUT2D eigenvalue weighted by atomic mass is 10.1. The van der Waals surface area contributed by atoms with Crippen molar-refractivity contribution in [2.75, 3.05) is 5.88 Å². The normalized spacial score (nSPS) is 14.1. The van der Waals surface area contributed by atoms with E-state index in [0.717, 1.165) is 16.7 Å². The number of hydrogen-bond donors (Lipinski definition) is 2. The van der Waals surface area contributed by atoms with E-state index in [4.69, 9.17) is 11.1 Å². The maximum atomic E-state index is 11.8. The van der Waals surface area contributed by atoms with Crippen LogP contribution in [0.25, 0.3) is 0 Å². The van der Waals surface area contributed by atoms with Gasteiger partial charge < -0.3 is 0 Å². The van der Waals surface area contributed by atoms with Crippen LogP contribution in [0, 0.1) is 0 Å². The molecule has 0 spiro atoms. The van der Waals surface area contributed by atoms with Crippen molar-refractivity contribution in [1.29, 1.82) is 0 Å². The maximum absolute atomic E-state index is 11.8. The molecule has 82 valence electrons. The number of imide groups is 1. The zero-order valence-electron chi connectivity index (χ0n) is 8.34. The van der Waals surface area contributed by atoms with E-state index in [0.29, 0.717) is 11.1 Å². The molecule has 0 saturated carbocycles. The minimum atomic E-state index is -0.297. The highest BCUT2D eigenvalue weighted by atomic mass is 32.2. The third-order valence-electron chi connectivity index (χ3n) is 2.24. The average Bonchev–Trinajstić information content (AvgIpc) is 2.50. The molecule has 1 heterocycles. The molecular weight excluding hydrogens is 226 g/mol. The monoisotopic (exact) mass is 236 g/mol. The second-order valence-corrected chi connectivity index (χ2v) is 4.28. The number of carbonyl (C=O) groups is 2. The predicted octanol–water partition coefficient (Wildman–Crippen LogP) is -0.953. The molecule has 2 amide bonds. The Morgan fingerprint density at radius 3 is 2.19 bits per heavy atom. The summed E-state index contributed by atoms with van der Waals surface area (Å²) in [4.78, 5) is 24.8.